The van der Waals surface area contributed by atoms with Crippen LogP contribution in [0.25, 0.3) is 10.9 Å². The van der Waals surface area contributed by atoms with Crippen molar-refractivity contribution < 1.29 is 9.53 Å². The highest BCUT2D eigenvalue weighted by Gasteiger charge is 2.46. The molecule has 3 atom stereocenters. The molecule has 1 aliphatic heterocycles. The molecular weight excluding hydrogens is 338 g/mol. The molecule has 0 unspecified atom stereocenters. The highest BCUT2D eigenvalue weighted by molar-refractivity contribution is 5.88. The van der Waals surface area contributed by atoms with Gasteiger partial charge in [-0.1, -0.05) is 18.2 Å². The van der Waals surface area contributed by atoms with Gasteiger partial charge in [-0.15, -0.1) is 0 Å². The molecule has 2 aliphatic rings. The van der Waals surface area contributed by atoms with Gasteiger partial charge >= 0.3 is 0 Å². The Bertz CT molecular complexity index is 807. The summed E-state index contributed by atoms with van der Waals surface area (Å²) in [6.45, 7) is 0.889. The zero-order chi connectivity index (χ0) is 19.0. The Kier molecular flexibility index (Phi) is 4.99. The lowest BCUT2D eigenvalue weighted by molar-refractivity contribution is -0.136. The van der Waals surface area contributed by atoms with E-state index in [1.165, 1.54) is 6.42 Å². The van der Waals surface area contributed by atoms with Crippen LogP contribution in [0, 0.1) is 0 Å². The molecule has 4 rings (SSSR count). The molecule has 0 bridgehead atoms. The number of fused-ring (bicyclic) bond motifs is 1. The third-order valence-corrected chi connectivity index (χ3v) is 6.68. The molecule has 1 spiro atoms. The molecule has 2 aromatic rings. The lowest BCUT2D eigenvalue weighted by atomic mass is 9.76. The Labute approximate surface area is 161 Å². The minimum Gasteiger partial charge on any atom is -0.375 e. The van der Waals surface area contributed by atoms with Crippen molar-refractivity contribution in [3.8, 4) is 0 Å². The van der Waals surface area contributed by atoms with Crippen LogP contribution in [-0.4, -0.2) is 66.1 Å². The van der Waals surface area contributed by atoms with Crippen molar-refractivity contribution in [1.29, 1.82) is 0 Å². The fourth-order valence-corrected chi connectivity index (χ4v) is 5.06. The SMILES string of the molecule is CN(C)[C@@H]1C[C@@]2(CCCO2)CC[C@H]1N(C)C(=O)Cc1c[nH]c2ccccc12. The van der Waals surface area contributed by atoms with Gasteiger partial charge in [-0.05, 0) is 57.8 Å². The predicted molar refractivity (Wildman–Crippen MR) is 108 cm³/mol. The van der Waals surface area contributed by atoms with Crippen molar-refractivity contribution in [2.75, 3.05) is 27.7 Å². The highest BCUT2D eigenvalue weighted by atomic mass is 16.5. The number of benzene rings is 1. The molecule has 146 valence electrons. The van der Waals surface area contributed by atoms with Crippen LogP contribution < -0.4 is 0 Å². The number of H-pyrrole nitrogens is 1. The van der Waals surface area contributed by atoms with Gasteiger partial charge in [0.05, 0.1) is 12.0 Å². The van der Waals surface area contributed by atoms with Gasteiger partial charge in [-0.25, -0.2) is 0 Å². The van der Waals surface area contributed by atoms with Gasteiger partial charge in [0, 0.05) is 42.8 Å². The van der Waals surface area contributed by atoms with E-state index < -0.39 is 0 Å². The third kappa shape index (κ3) is 3.50. The first-order valence-corrected chi connectivity index (χ1v) is 10.1. The summed E-state index contributed by atoms with van der Waals surface area (Å²) in [6, 6.07) is 8.76. The maximum absolute atomic E-state index is 13.1. The first-order valence-electron chi connectivity index (χ1n) is 10.1. The Hall–Kier alpha value is -1.85. The number of para-hydroxylation sites is 1. The number of amides is 1. The average molecular weight is 370 g/mol. The van der Waals surface area contributed by atoms with Crippen LogP contribution >= 0.6 is 0 Å². The van der Waals surface area contributed by atoms with Crippen molar-refractivity contribution in [2.24, 2.45) is 0 Å². The summed E-state index contributed by atoms with van der Waals surface area (Å²) in [7, 11) is 6.24. The maximum Gasteiger partial charge on any atom is 0.227 e. The number of ether oxygens (including phenoxy) is 1. The summed E-state index contributed by atoms with van der Waals surface area (Å²) in [5.41, 5.74) is 2.22. The van der Waals surface area contributed by atoms with Gasteiger partial charge in [-0.2, -0.15) is 0 Å². The van der Waals surface area contributed by atoms with E-state index in [4.69, 9.17) is 4.74 Å². The summed E-state index contributed by atoms with van der Waals surface area (Å²) in [6.07, 6.45) is 7.85. The molecule has 1 saturated carbocycles. The van der Waals surface area contributed by atoms with Crippen molar-refractivity contribution in [1.82, 2.24) is 14.8 Å². The van der Waals surface area contributed by atoms with Crippen molar-refractivity contribution in [2.45, 2.75) is 56.2 Å². The maximum atomic E-state index is 13.1. The first-order chi connectivity index (χ1) is 13.0. The van der Waals surface area contributed by atoms with Gasteiger partial charge in [0.25, 0.3) is 0 Å². The number of hydrogen-bond acceptors (Lipinski definition) is 3. The van der Waals surface area contributed by atoms with Gasteiger partial charge in [0.2, 0.25) is 5.91 Å². The van der Waals surface area contributed by atoms with E-state index in [1.807, 2.05) is 30.3 Å². The van der Waals surface area contributed by atoms with E-state index >= 15 is 0 Å². The molecule has 1 saturated heterocycles. The summed E-state index contributed by atoms with van der Waals surface area (Å²) in [5, 5.41) is 1.14. The Balaban J connectivity index is 1.49. The van der Waals surface area contributed by atoms with E-state index in [-0.39, 0.29) is 17.6 Å². The Morgan fingerprint density at radius 1 is 1.22 bits per heavy atom. The number of carbonyl (C=O) groups excluding carboxylic acids is 1. The number of rotatable bonds is 4. The van der Waals surface area contributed by atoms with Crippen LogP contribution in [0.1, 0.15) is 37.7 Å². The minimum absolute atomic E-state index is 0.0478. The van der Waals surface area contributed by atoms with Crippen LogP contribution in [0.2, 0.25) is 0 Å². The number of carbonyl (C=O) groups is 1. The van der Waals surface area contributed by atoms with E-state index in [0.29, 0.717) is 12.5 Å². The van der Waals surface area contributed by atoms with Crippen LogP contribution in [0.15, 0.2) is 30.5 Å². The van der Waals surface area contributed by atoms with E-state index in [2.05, 4.69) is 36.1 Å². The van der Waals surface area contributed by atoms with Crippen LogP contribution in [-0.2, 0) is 16.0 Å². The molecule has 5 heteroatoms. The molecule has 5 nitrogen and oxygen atoms in total. The third-order valence-electron chi connectivity index (χ3n) is 6.68. The van der Waals surface area contributed by atoms with Crippen molar-refractivity contribution >= 4 is 16.8 Å². The topological polar surface area (TPSA) is 48.6 Å². The second kappa shape index (κ2) is 7.28. The molecule has 2 heterocycles. The van der Waals surface area contributed by atoms with Gasteiger partial charge in [0.15, 0.2) is 0 Å². The molecule has 1 aliphatic carbocycles. The normalized spacial score (nSPS) is 28.3. The summed E-state index contributed by atoms with van der Waals surface area (Å²) < 4.78 is 6.15. The molecule has 1 aromatic carbocycles. The fourth-order valence-electron chi connectivity index (χ4n) is 5.06. The molecule has 1 N–H and O–H groups in total. The monoisotopic (exact) mass is 369 g/mol. The molecule has 1 aromatic heterocycles. The predicted octanol–water partition coefficient (Wildman–Crippen LogP) is 3.20. The smallest absolute Gasteiger partial charge is 0.227 e. The standard InChI is InChI=1S/C22H31N3O2/c1-24(2)20-14-22(10-6-12-27-22)11-9-19(20)25(3)21(26)13-16-15-23-18-8-5-4-7-17(16)18/h4-5,7-8,15,19-20,23H,6,9-14H2,1-3H3/t19-,20-,22-/m1/s1. The first kappa shape index (κ1) is 18.5. The summed E-state index contributed by atoms with van der Waals surface area (Å²) in [4.78, 5) is 20.6. The number of nitrogens with zero attached hydrogens (tertiary/aromatic N) is 2. The average Bonchev–Trinajstić information content (AvgIpc) is 3.29. The largest absolute Gasteiger partial charge is 0.375 e. The van der Waals surface area contributed by atoms with Gasteiger partial charge < -0.3 is 19.5 Å². The van der Waals surface area contributed by atoms with Crippen molar-refractivity contribution in [3.05, 3.63) is 36.0 Å². The second-order valence-corrected chi connectivity index (χ2v) is 8.52. The molecular formula is C22H31N3O2. The Morgan fingerprint density at radius 2 is 2.04 bits per heavy atom. The van der Waals surface area contributed by atoms with Crippen LogP contribution in [0.4, 0.5) is 0 Å². The number of hydrogen-bond donors (Lipinski definition) is 1. The zero-order valence-electron chi connectivity index (χ0n) is 16.7. The molecule has 27 heavy (non-hydrogen) atoms. The lowest BCUT2D eigenvalue weighted by Crippen LogP contribution is -2.57. The summed E-state index contributed by atoms with van der Waals surface area (Å²) in [5.74, 6) is 0.194. The molecule has 1 amide bonds. The second-order valence-electron chi connectivity index (χ2n) is 8.52. The summed E-state index contributed by atoms with van der Waals surface area (Å²) >= 11 is 0. The number of aromatic amines is 1. The minimum atomic E-state index is 0.0478. The zero-order valence-corrected chi connectivity index (χ0v) is 16.7. The van der Waals surface area contributed by atoms with Crippen molar-refractivity contribution in [3.63, 3.8) is 0 Å². The molecule has 0 radical (unpaired) electrons. The highest BCUT2D eigenvalue weighted by Crippen LogP contribution is 2.41. The molecule has 2 fully saturated rings. The Morgan fingerprint density at radius 3 is 2.78 bits per heavy atom. The van der Waals surface area contributed by atoms with E-state index in [1.54, 1.807) is 0 Å². The van der Waals surface area contributed by atoms with Crippen LogP contribution in [0.5, 0.6) is 0 Å². The van der Waals surface area contributed by atoms with E-state index in [0.717, 1.165) is 48.8 Å². The van der Waals surface area contributed by atoms with Gasteiger partial charge in [-0.3, -0.25) is 4.79 Å². The van der Waals surface area contributed by atoms with Crippen LogP contribution in [0.3, 0.4) is 0 Å². The number of nitrogens with one attached hydrogen (secondary N) is 1. The fraction of sp³-hybridized carbons (Fsp3) is 0.591. The van der Waals surface area contributed by atoms with Gasteiger partial charge in [0.1, 0.15) is 0 Å². The number of aromatic nitrogens is 1. The van der Waals surface area contributed by atoms with E-state index in [9.17, 15) is 4.79 Å². The number of likely N-dealkylation sites (N-methyl/N-ethyl adjacent to an activating group) is 2. The lowest BCUT2D eigenvalue weighted by Gasteiger charge is -2.47. The quantitative estimate of drug-likeness (QED) is 0.900.